The number of nitrogens with zero attached hydrogens (tertiary/aromatic N) is 1. The van der Waals surface area contributed by atoms with Crippen LogP contribution in [0, 0.1) is 0 Å². The highest BCUT2D eigenvalue weighted by Gasteiger charge is 2.37. The number of aromatic nitrogens is 2. The summed E-state index contributed by atoms with van der Waals surface area (Å²) in [4.78, 5) is 0. The second kappa shape index (κ2) is 5.06. The zero-order valence-electron chi connectivity index (χ0n) is 10.3. The zero-order chi connectivity index (χ0) is 15.8. The Labute approximate surface area is 114 Å². The first-order chi connectivity index (χ1) is 9.61. The van der Waals surface area contributed by atoms with Gasteiger partial charge in [-0.3, -0.25) is 5.10 Å². The lowest BCUT2D eigenvalue weighted by molar-refractivity contribution is -0.143. The van der Waals surface area contributed by atoms with Gasteiger partial charge in [-0.1, -0.05) is 0 Å². The Hall–Kier alpha value is -2.03. The van der Waals surface area contributed by atoms with Gasteiger partial charge < -0.3 is 5.73 Å². The van der Waals surface area contributed by atoms with Gasteiger partial charge in [0.2, 0.25) is 0 Å². The van der Waals surface area contributed by atoms with Gasteiger partial charge in [-0.2, -0.15) is 31.4 Å². The SMILES string of the molecule is NCc1cc(-c2cc(C(F)(F)F)cc(C(F)(F)F)c2)n[nH]1. The lowest BCUT2D eigenvalue weighted by Crippen LogP contribution is -2.11. The minimum atomic E-state index is -4.89. The van der Waals surface area contributed by atoms with Crippen molar-refractivity contribution in [3.8, 4) is 11.3 Å². The fourth-order valence-electron chi connectivity index (χ4n) is 1.72. The van der Waals surface area contributed by atoms with Gasteiger partial charge in [0, 0.05) is 17.8 Å². The molecule has 3 N–H and O–H groups in total. The Morgan fingerprint density at radius 1 is 0.905 bits per heavy atom. The maximum Gasteiger partial charge on any atom is 0.416 e. The van der Waals surface area contributed by atoms with E-state index >= 15 is 0 Å². The topological polar surface area (TPSA) is 54.7 Å². The fraction of sp³-hybridized carbons (Fsp3) is 0.250. The van der Waals surface area contributed by atoms with Gasteiger partial charge in [-0.15, -0.1) is 0 Å². The summed E-state index contributed by atoms with van der Waals surface area (Å²) in [6, 6.07) is 2.60. The highest BCUT2D eigenvalue weighted by Crippen LogP contribution is 2.38. The van der Waals surface area contributed by atoms with E-state index < -0.39 is 23.5 Å². The van der Waals surface area contributed by atoms with Gasteiger partial charge in [0.05, 0.1) is 16.8 Å². The molecule has 0 atom stereocenters. The number of alkyl halides is 6. The van der Waals surface area contributed by atoms with Crippen molar-refractivity contribution in [3.05, 3.63) is 41.1 Å². The largest absolute Gasteiger partial charge is 0.416 e. The second-order valence-corrected chi connectivity index (χ2v) is 4.28. The number of halogens is 6. The molecule has 0 aliphatic carbocycles. The molecule has 1 aromatic carbocycles. The molecule has 0 bridgehead atoms. The van der Waals surface area contributed by atoms with Crippen molar-refractivity contribution in [2.45, 2.75) is 18.9 Å². The van der Waals surface area contributed by atoms with Crippen LogP contribution >= 0.6 is 0 Å². The van der Waals surface area contributed by atoms with Crippen molar-refractivity contribution >= 4 is 0 Å². The van der Waals surface area contributed by atoms with Crippen LogP contribution in [0.25, 0.3) is 11.3 Å². The Balaban J connectivity index is 2.60. The molecule has 114 valence electrons. The Morgan fingerprint density at radius 3 is 1.81 bits per heavy atom. The molecule has 9 heteroatoms. The number of benzene rings is 1. The van der Waals surface area contributed by atoms with E-state index in [9.17, 15) is 26.3 Å². The molecular weight excluding hydrogens is 300 g/mol. The van der Waals surface area contributed by atoms with Crippen LogP contribution in [0.15, 0.2) is 24.3 Å². The van der Waals surface area contributed by atoms with Crippen molar-refractivity contribution in [1.82, 2.24) is 10.2 Å². The van der Waals surface area contributed by atoms with Gasteiger partial charge in [0.15, 0.2) is 0 Å². The predicted octanol–water partition coefficient (Wildman–Crippen LogP) is 3.57. The van der Waals surface area contributed by atoms with Gasteiger partial charge in [-0.25, -0.2) is 0 Å². The van der Waals surface area contributed by atoms with Crippen molar-refractivity contribution in [1.29, 1.82) is 0 Å². The van der Waals surface area contributed by atoms with Crippen LogP contribution in [0.3, 0.4) is 0 Å². The minimum absolute atomic E-state index is 0.0351. The van der Waals surface area contributed by atoms with Crippen LogP contribution in [0.4, 0.5) is 26.3 Å². The van der Waals surface area contributed by atoms with Crippen molar-refractivity contribution in [2.24, 2.45) is 5.73 Å². The molecule has 2 rings (SSSR count). The number of hydrogen-bond donors (Lipinski definition) is 2. The first kappa shape index (κ1) is 15.4. The molecule has 0 aliphatic rings. The molecule has 3 nitrogen and oxygen atoms in total. The average Bonchev–Trinajstić information content (AvgIpc) is 2.85. The number of nitrogens with one attached hydrogen (secondary N) is 1. The molecule has 0 fully saturated rings. The maximum atomic E-state index is 12.7. The average molecular weight is 309 g/mol. The zero-order valence-corrected chi connectivity index (χ0v) is 10.3. The molecule has 0 saturated heterocycles. The fourth-order valence-corrected chi connectivity index (χ4v) is 1.72. The van der Waals surface area contributed by atoms with Crippen LogP contribution in [0.5, 0.6) is 0 Å². The third kappa shape index (κ3) is 3.35. The van der Waals surface area contributed by atoms with Crippen LogP contribution in [0.1, 0.15) is 16.8 Å². The summed E-state index contributed by atoms with van der Waals surface area (Å²) in [5.74, 6) is 0. The lowest BCUT2D eigenvalue weighted by Gasteiger charge is -2.13. The molecule has 0 unspecified atom stereocenters. The summed E-state index contributed by atoms with van der Waals surface area (Å²) in [6.45, 7) is 0.0398. The van der Waals surface area contributed by atoms with E-state index in [1.54, 1.807) is 0 Å². The molecule has 1 heterocycles. The lowest BCUT2D eigenvalue weighted by atomic mass is 10.0. The third-order valence-electron chi connectivity index (χ3n) is 2.73. The Bertz CT molecular complexity index is 609. The van der Waals surface area contributed by atoms with E-state index in [-0.39, 0.29) is 23.9 Å². The summed E-state index contributed by atoms with van der Waals surface area (Å²) in [5.41, 5.74) is 2.62. The number of hydrogen-bond acceptors (Lipinski definition) is 2. The summed E-state index contributed by atoms with van der Waals surface area (Å²) in [5, 5.41) is 6.10. The van der Waals surface area contributed by atoms with E-state index in [1.807, 2.05) is 0 Å². The number of aromatic amines is 1. The van der Waals surface area contributed by atoms with E-state index in [2.05, 4.69) is 10.2 Å². The van der Waals surface area contributed by atoms with E-state index in [1.165, 1.54) is 6.07 Å². The normalized spacial score (nSPS) is 12.7. The van der Waals surface area contributed by atoms with Crippen LogP contribution in [0.2, 0.25) is 0 Å². The summed E-state index contributed by atoms with van der Waals surface area (Å²) < 4.78 is 76.2. The molecule has 0 amide bonds. The highest BCUT2D eigenvalue weighted by atomic mass is 19.4. The van der Waals surface area contributed by atoms with Crippen LogP contribution < -0.4 is 5.73 Å². The van der Waals surface area contributed by atoms with Gasteiger partial charge in [-0.05, 0) is 24.3 Å². The van der Waals surface area contributed by atoms with Crippen molar-refractivity contribution < 1.29 is 26.3 Å². The van der Waals surface area contributed by atoms with Gasteiger partial charge >= 0.3 is 12.4 Å². The Morgan fingerprint density at radius 2 is 1.43 bits per heavy atom. The Kier molecular flexibility index (Phi) is 3.70. The van der Waals surface area contributed by atoms with E-state index in [0.29, 0.717) is 17.8 Å². The van der Waals surface area contributed by atoms with Gasteiger partial charge in [0.25, 0.3) is 0 Å². The molecule has 21 heavy (non-hydrogen) atoms. The standard InChI is InChI=1S/C12H9F6N3/c13-11(14,15)7-1-6(2-8(3-7)12(16,17)18)10-4-9(5-19)20-21-10/h1-4H,5,19H2,(H,20,21). The summed E-state index contributed by atoms with van der Waals surface area (Å²) in [7, 11) is 0. The molecule has 0 spiro atoms. The van der Waals surface area contributed by atoms with E-state index in [4.69, 9.17) is 5.73 Å². The molecule has 0 aliphatic heterocycles. The molecule has 0 saturated carbocycles. The molecule has 2 aromatic rings. The maximum absolute atomic E-state index is 12.7. The number of H-pyrrole nitrogens is 1. The van der Waals surface area contributed by atoms with Crippen LogP contribution in [-0.2, 0) is 18.9 Å². The van der Waals surface area contributed by atoms with E-state index in [0.717, 1.165) is 0 Å². The second-order valence-electron chi connectivity index (χ2n) is 4.28. The molecule has 1 aromatic heterocycles. The van der Waals surface area contributed by atoms with Crippen molar-refractivity contribution in [3.63, 3.8) is 0 Å². The smallest absolute Gasteiger partial charge is 0.325 e. The molecular formula is C12H9F6N3. The van der Waals surface area contributed by atoms with Crippen molar-refractivity contribution in [2.75, 3.05) is 0 Å². The summed E-state index contributed by atoms with van der Waals surface area (Å²) >= 11 is 0. The van der Waals surface area contributed by atoms with Gasteiger partial charge in [0.1, 0.15) is 0 Å². The predicted molar refractivity (Wildman–Crippen MR) is 61.9 cm³/mol. The number of nitrogens with two attached hydrogens (primary N) is 1. The minimum Gasteiger partial charge on any atom is -0.325 e. The number of rotatable bonds is 2. The quantitative estimate of drug-likeness (QED) is 0.833. The first-order valence-electron chi connectivity index (χ1n) is 5.65. The van der Waals surface area contributed by atoms with Crippen LogP contribution in [-0.4, -0.2) is 10.2 Å². The monoisotopic (exact) mass is 309 g/mol. The highest BCUT2D eigenvalue weighted by molar-refractivity contribution is 5.62. The molecule has 0 radical (unpaired) electrons. The third-order valence-corrected chi connectivity index (χ3v) is 2.73. The first-order valence-corrected chi connectivity index (χ1v) is 5.65. The summed E-state index contributed by atoms with van der Waals surface area (Å²) in [6.07, 6.45) is -9.77.